The lowest BCUT2D eigenvalue weighted by Gasteiger charge is -2.14. The number of rotatable bonds is 15. The number of nitrogens with one attached hydrogen (secondary N) is 2. The van der Waals surface area contributed by atoms with Gasteiger partial charge in [-0.05, 0) is 74.2 Å². The largest absolute Gasteiger partial charge is 0.396 e. The van der Waals surface area contributed by atoms with Gasteiger partial charge in [0.15, 0.2) is 11.6 Å². The van der Waals surface area contributed by atoms with E-state index in [2.05, 4.69) is 42.5 Å². The van der Waals surface area contributed by atoms with Crippen LogP contribution in [0.1, 0.15) is 46.4 Å². The number of carbonyl (C=O) groups is 2. The van der Waals surface area contributed by atoms with Crippen LogP contribution in [-0.4, -0.2) is 48.1 Å². The molecule has 0 bridgehead atoms. The second-order valence-electron chi connectivity index (χ2n) is 7.59. The Hall–Kier alpha value is -2.26. The first-order chi connectivity index (χ1) is 16.4. The maximum Gasteiger partial charge on any atom is 0.187 e. The van der Waals surface area contributed by atoms with Gasteiger partial charge in [-0.2, -0.15) is 0 Å². The van der Waals surface area contributed by atoms with Gasteiger partial charge < -0.3 is 20.8 Å². The van der Waals surface area contributed by atoms with Gasteiger partial charge in [-0.3, -0.25) is 9.59 Å². The van der Waals surface area contributed by atoms with Crippen molar-refractivity contribution in [3.8, 4) is 0 Å². The number of allylic oxidation sites excluding steroid dienone is 4. The Kier molecular flexibility index (Phi) is 12.8. The molecule has 2 rings (SSSR count). The molecule has 8 heteroatoms. The molecule has 0 heterocycles. The molecule has 0 saturated heterocycles. The van der Waals surface area contributed by atoms with Crippen LogP contribution in [0.5, 0.6) is 0 Å². The van der Waals surface area contributed by atoms with Gasteiger partial charge in [0.2, 0.25) is 0 Å². The highest BCUT2D eigenvalue weighted by atomic mass is 79.9. The molecule has 0 saturated carbocycles. The van der Waals surface area contributed by atoms with Crippen molar-refractivity contribution in [1.29, 1.82) is 0 Å². The standard InChI is InChI=1S/C26H30Br2N2O4/c27-21-9-5-19(6-10-21)25(33)17-23(3-1-15-31)29-13-14-30-24(4-2-16-32)18-26(34)20-7-11-22(28)12-8-20/h5-12,17-18,29-32H,1-4,13-16H2/b23-17-,24-18?. The Morgan fingerprint density at radius 3 is 1.35 bits per heavy atom. The lowest BCUT2D eigenvalue weighted by atomic mass is 10.1. The molecule has 0 aliphatic heterocycles. The first-order valence-corrected chi connectivity index (χ1v) is 12.7. The Morgan fingerprint density at radius 1 is 0.676 bits per heavy atom. The molecule has 0 spiro atoms. The summed E-state index contributed by atoms with van der Waals surface area (Å²) in [6, 6.07) is 14.3. The van der Waals surface area contributed by atoms with Crippen LogP contribution in [0.25, 0.3) is 0 Å². The second kappa shape index (κ2) is 15.6. The van der Waals surface area contributed by atoms with Crippen molar-refractivity contribution in [3.05, 3.63) is 92.1 Å². The van der Waals surface area contributed by atoms with Crippen LogP contribution in [0.3, 0.4) is 0 Å². The molecule has 0 radical (unpaired) electrons. The Balaban J connectivity index is 1.98. The molecule has 0 amide bonds. The third-order valence-corrected chi connectivity index (χ3v) is 5.96. The van der Waals surface area contributed by atoms with Crippen LogP contribution in [0.15, 0.2) is 81.0 Å². The molecule has 4 N–H and O–H groups in total. The zero-order chi connectivity index (χ0) is 24.8. The number of ketones is 2. The minimum absolute atomic E-state index is 0.0377. The lowest BCUT2D eigenvalue weighted by Crippen LogP contribution is -2.27. The molecule has 2 aromatic rings. The van der Waals surface area contributed by atoms with Crippen molar-refractivity contribution < 1.29 is 19.8 Å². The number of hydrogen-bond acceptors (Lipinski definition) is 6. The summed E-state index contributed by atoms with van der Waals surface area (Å²) in [7, 11) is 0. The van der Waals surface area contributed by atoms with E-state index in [4.69, 9.17) is 0 Å². The van der Waals surface area contributed by atoms with E-state index in [0.29, 0.717) is 49.9 Å². The summed E-state index contributed by atoms with van der Waals surface area (Å²) in [6.45, 7) is 1.12. The maximum absolute atomic E-state index is 12.6. The van der Waals surface area contributed by atoms with E-state index in [1.54, 1.807) is 36.4 Å². The Labute approximate surface area is 217 Å². The predicted molar refractivity (Wildman–Crippen MR) is 142 cm³/mol. The first kappa shape index (κ1) is 28.0. The molecule has 2 aromatic carbocycles. The third-order valence-electron chi connectivity index (χ3n) is 4.91. The van der Waals surface area contributed by atoms with E-state index in [0.717, 1.165) is 20.3 Å². The van der Waals surface area contributed by atoms with Crippen molar-refractivity contribution in [2.24, 2.45) is 0 Å². The third kappa shape index (κ3) is 10.3. The Bertz CT molecular complexity index is 905. The number of aliphatic hydroxyl groups excluding tert-OH is 2. The monoisotopic (exact) mass is 592 g/mol. The van der Waals surface area contributed by atoms with Crippen LogP contribution >= 0.6 is 31.9 Å². The van der Waals surface area contributed by atoms with Gasteiger partial charge in [-0.1, -0.05) is 31.9 Å². The van der Waals surface area contributed by atoms with Gasteiger partial charge in [-0.25, -0.2) is 0 Å². The highest BCUT2D eigenvalue weighted by molar-refractivity contribution is 9.10. The predicted octanol–water partition coefficient (Wildman–Crippen LogP) is 4.77. The normalized spacial score (nSPS) is 11.9. The SMILES string of the molecule is O=C(C=C(CCCO)NCCN/C(=C\C(=O)c1ccc(Br)cc1)CCCO)c1ccc(Br)cc1. The van der Waals surface area contributed by atoms with E-state index < -0.39 is 0 Å². The van der Waals surface area contributed by atoms with Gasteiger partial charge >= 0.3 is 0 Å². The summed E-state index contributed by atoms with van der Waals surface area (Å²) in [6.07, 6.45) is 5.32. The fourth-order valence-corrected chi connectivity index (χ4v) is 3.65. The molecular formula is C26H30Br2N2O4. The average molecular weight is 594 g/mol. The van der Waals surface area contributed by atoms with Crippen LogP contribution in [0, 0.1) is 0 Å². The zero-order valence-corrected chi connectivity index (χ0v) is 22.1. The molecule has 0 fully saturated rings. The fraction of sp³-hybridized carbons (Fsp3) is 0.308. The van der Waals surface area contributed by atoms with E-state index in [1.807, 2.05) is 24.3 Å². The maximum atomic E-state index is 12.6. The quantitative estimate of drug-likeness (QED) is 0.135. The van der Waals surface area contributed by atoms with Gasteiger partial charge in [0.05, 0.1) is 0 Å². The van der Waals surface area contributed by atoms with Gasteiger partial charge in [0.25, 0.3) is 0 Å². The molecule has 0 atom stereocenters. The van der Waals surface area contributed by atoms with E-state index in [9.17, 15) is 19.8 Å². The van der Waals surface area contributed by atoms with Crippen molar-refractivity contribution >= 4 is 43.4 Å². The minimum Gasteiger partial charge on any atom is -0.396 e. The molecule has 34 heavy (non-hydrogen) atoms. The summed E-state index contributed by atoms with van der Waals surface area (Å²) >= 11 is 6.73. The van der Waals surface area contributed by atoms with Gasteiger partial charge in [0, 0.05) is 69.9 Å². The van der Waals surface area contributed by atoms with Crippen LogP contribution in [-0.2, 0) is 0 Å². The summed E-state index contributed by atoms with van der Waals surface area (Å²) < 4.78 is 1.81. The molecule has 0 aliphatic rings. The highest BCUT2D eigenvalue weighted by Crippen LogP contribution is 2.14. The number of aliphatic hydroxyl groups is 2. The molecule has 0 unspecified atom stereocenters. The van der Waals surface area contributed by atoms with E-state index in [-0.39, 0.29) is 24.8 Å². The summed E-state index contributed by atoms with van der Waals surface area (Å²) in [5.74, 6) is -0.214. The minimum atomic E-state index is -0.107. The number of carbonyl (C=O) groups excluding carboxylic acids is 2. The summed E-state index contributed by atoms with van der Waals surface area (Å²) in [4.78, 5) is 25.2. The van der Waals surface area contributed by atoms with Crippen molar-refractivity contribution in [1.82, 2.24) is 10.6 Å². The van der Waals surface area contributed by atoms with E-state index in [1.165, 1.54) is 0 Å². The van der Waals surface area contributed by atoms with Crippen LogP contribution < -0.4 is 10.6 Å². The van der Waals surface area contributed by atoms with Crippen molar-refractivity contribution in [2.75, 3.05) is 26.3 Å². The number of halogens is 2. The zero-order valence-electron chi connectivity index (χ0n) is 18.9. The number of benzene rings is 2. The Morgan fingerprint density at radius 2 is 1.03 bits per heavy atom. The van der Waals surface area contributed by atoms with Gasteiger partial charge in [0.1, 0.15) is 0 Å². The fourth-order valence-electron chi connectivity index (χ4n) is 3.12. The number of hydrogen-bond donors (Lipinski definition) is 4. The topological polar surface area (TPSA) is 98.7 Å². The van der Waals surface area contributed by atoms with E-state index >= 15 is 0 Å². The summed E-state index contributed by atoms with van der Waals surface area (Å²) in [5.41, 5.74) is 2.67. The molecule has 6 nitrogen and oxygen atoms in total. The van der Waals surface area contributed by atoms with Crippen molar-refractivity contribution in [3.63, 3.8) is 0 Å². The van der Waals surface area contributed by atoms with Gasteiger partial charge in [-0.15, -0.1) is 0 Å². The van der Waals surface area contributed by atoms with Crippen LogP contribution in [0.2, 0.25) is 0 Å². The molecule has 0 aromatic heterocycles. The highest BCUT2D eigenvalue weighted by Gasteiger charge is 2.08. The molecule has 182 valence electrons. The average Bonchev–Trinajstić information content (AvgIpc) is 2.83. The van der Waals surface area contributed by atoms with Crippen molar-refractivity contribution in [2.45, 2.75) is 25.7 Å². The first-order valence-electron chi connectivity index (χ1n) is 11.1. The van der Waals surface area contributed by atoms with Crippen LogP contribution in [0.4, 0.5) is 0 Å². The molecule has 0 aliphatic carbocycles. The molecular weight excluding hydrogens is 564 g/mol. The lowest BCUT2D eigenvalue weighted by molar-refractivity contribution is 0.103. The second-order valence-corrected chi connectivity index (χ2v) is 9.42. The smallest absolute Gasteiger partial charge is 0.187 e. The summed E-state index contributed by atoms with van der Waals surface area (Å²) in [5, 5.41) is 24.9.